The second-order valence-corrected chi connectivity index (χ2v) is 5.70. The molecule has 0 atom stereocenters. The highest BCUT2D eigenvalue weighted by Gasteiger charge is 2.15. The predicted octanol–water partition coefficient (Wildman–Crippen LogP) is 4.33. The van der Waals surface area contributed by atoms with E-state index in [-0.39, 0.29) is 11.3 Å². The molecule has 0 N–H and O–H groups in total. The lowest BCUT2D eigenvalue weighted by Gasteiger charge is -2.13. The van der Waals surface area contributed by atoms with Crippen molar-refractivity contribution in [1.82, 2.24) is 0 Å². The second-order valence-electron chi connectivity index (χ2n) is 5.70. The van der Waals surface area contributed by atoms with Crippen LogP contribution in [0.15, 0.2) is 66.8 Å². The van der Waals surface area contributed by atoms with Crippen LogP contribution in [0.1, 0.15) is 13.8 Å². The maximum Gasteiger partial charge on any atom is 0.338 e. The zero-order valence-electron chi connectivity index (χ0n) is 15.0. The molecule has 2 aromatic rings. The van der Waals surface area contributed by atoms with Crippen molar-refractivity contribution in [3.63, 3.8) is 0 Å². The molecule has 0 unspecified atom stereocenters. The van der Waals surface area contributed by atoms with Crippen molar-refractivity contribution in [3.05, 3.63) is 66.8 Å². The summed E-state index contributed by atoms with van der Waals surface area (Å²) in [4.78, 5) is 23.7. The van der Waals surface area contributed by atoms with Crippen LogP contribution in [0.25, 0.3) is 11.1 Å². The normalized spacial score (nSPS) is 9.96. The van der Waals surface area contributed by atoms with Crippen molar-refractivity contribution in [2.45, 2.75) is 13.8 Å². The highest BCUT2D eigenvalue weighted by Crippen LogP contribution is 2.36. The van der Waals surface area contributed by atoms with Gasteiger partial charge in [-0.25, -0.2) is 9.59 Å². The number of carbonyl (C=O) groups is 2. The molecular weight excluding hydrogens is 332 g/mol. The number of rotatable bonds is 6. The summed E-state index contributed by atoms with van der Waals surface area (Å²) in [6.07, 6.45) is 0. The van der Waals surface area contributed by atoms with Gasteiger partial charge in [-0.3, -0.25) is 0 Å². The lowest BCUT2D eigenvalue weighted by Crippen LogP contribution is -2.10. The summed E-state index contributed by atoms with van der Waals surface area (Å²) in [5.74, 6) is -0.0380. The van der Waals surface area contributed by atoms with Crippen molar-refractivity contribution in [1.29, 1.82) is 0 Å². The van der Waals surface area contributed by atoms with Crippen LogP contribution in [-0.2, 0) is 9.59 Å². The molecule has 0 spiro atoms. The van der Waals surface area contributed by atoms with E-state index in [4.69, 9.17) is 14.2 Å². The minimum Gasteiger partial charge on any atom is -0.493 e. The third-order valence-electron chi connectivity index (χ3n) is 3.46. The van der Waals surface area contributed by atoms with Gasteiger partial charge in [0.1, 0.15) is 5.75 Å². The van der Waals surface area contributed by atoms with Gasteiger partial charge >= 0.3 is 11.9 Å². The van der Waals surface area contributed by atoms with Crippen LogP contribution in [0, 0.1) is 0 Å². The molecule has 0 saturated heterocycles. The van der Waals surface area contributed by atoms with Gasteiger partial charge in [0.15, 0.2) is 11.5 Å². The first-order valence-electron chi connectivity index (χ1n) is 7.86. The average Bonchev–Trinajstić information content (AvgIpc) is 2.61. The fourth-order valence-corrected chi connectivity index (χ4v) is 2.09. The quantitative estimate of drug-likeness (QED) is 0.440. The number of hydrogen-bond donors (Lipinski definition) is 0. The van der Waals surface area contributed by atoms with Gasteiger partial charge in [-0.1, -0.05) is 37.4 Å². The van der Waals surface area contributed by atoms with E-state index in [2.05, 4.69) is 13.2 Å². The van der Waals surface area contributed by atoms with E-state index in [0.29, 0.717) is 28.2 Å². The highest BCUT2D eigenvalue weighted by atomic mass is 16.6. The molecular formula is C21H20O5. The first-order valence-corrected chi connectivity index (χ1v) is 7.86. The summed E-state index contributed by atoms with van der Waals surface area (Å²) >= 11 is 0. The molecule has 2 aromatic carbocycles. The van der Waals surface area contributed by atoms with E-state index >= 15 is 0 Å². The Kier molecular flexibility index (Phi) is 5.96. The third kappa shape index (κ3) is 4.39. The maximum absolute atomic E-state index is 11.9. The molecule has 26 heavy (non-hydrogen) atoms. The molecule has 0 heterocycles. The van der Waals surface area contributed by atoms with Crippen molar-refractivity contribution in [2.24, 2.45) is 0 Å². The molecule has 0 bridgehead atoms. The summed E-state index contributed by atoms with van der Waals surface area (Å²) in [6, 6.07) is 12.2. The summed E-state index contributed by atoms with van der Waals surface area (Å²) in [5, 5.41) is 0. The Hall–Kier alpha value is -3.34. The van der Waals surface area contributed by atoms with Crippen molar-refractivity contribution in [3.8, 4) is 28.4 Å². The van der Waals surface area contributed by atoms with E-state index in [1.54, 1.807) is 50.2 Å². The third-order valence-corrected chi connectivity index (χ3v) is 3.46. The monoisotopic (exact) mass is 352 g/mol. The smallest absolute Gasteiger partial charge is 0.338 e. The average molecular weight is 352 g/mol. The molecule has 2 rings (SSSR count). The molecule has 134 valence electrons. The van der Waals surface area contributed by atoms with E-state index in [1.165, 1.54) is 7.11 Å². The van der Waals surface area contributed by atoms with E-state index < -0.39 is 11.9 Å². The summed E-state index contributed by atoms with van der Waals surface area (Å²) in [6.45, 7) is 10.3. The number of esters is 2. The van der Waals surface area contributed by atoms with Crippen LogP contribution >= 0.6 is 0 Å². The van der Waals surface area contributed by atoms with Gasteiger partial charge in [-0.15, -0.1) is 0 Å². The highest BCUT2D eigenvalue weighted by molar-refractivity contribution is 5.91. The maximum atomic E-state index is 11.9. The van der Waals surface area contributed by atoms with Crippen molar-refractivity contribution in [2.75, 3.05) is 7.11 Å². The summed E-state index contributed by atoms with van der Waals surface area (Å²) in [7, 11) is 1.48. The van der Waals surface area contributed by atoms with E-state index in [9.17, 15) is 9.59 Å². The zero-order valence-corrected chi connectivity index (χ0v) is 15.0. The topological polar surface area (TPSA) is 61.8 Å². The molecule has 0 aliphatic rings. The van der Waals surface area contributed by atoms with Gasteiger partial charge in [0, 0.05) is 16.7 Å². The van der Waals surface area contributed by atoms with Crippen molar-refractivity contribution < 1.29 is 23.8 Å². The Balaban J connectivity index is 2.46. The standard InChI is InChI=1S/C21H20O5/c1-13(2)20(22)25-17-9-7-6-8-16(17)15-10-11-18(24-5)19(12-15)26-21(23)14(3)4/h6-12H,1,3H2,2,4-5H3. The minimum absolute atomic E-state index is 0.249. The van der Waals surface area contributed by atoms with Crippen LogP contribution < -0.4 is 14.2 Å². The zero-order chi connectivity index (χ0) is 19.3. The SMILES string of the molecule is C=C(C)C(=O)Oc1cc(-c2ccccc2OC(=O)C(=C)C)ccc1OC. The Morgan fingerprint density at radius 1 is 0.808 bits per heavy atom. The molecule has 0 aromatic heterocycles. The lowest BCUT2D eigenvalue weighted by atomic mass is 10.0. The Labute approximate surface area is 152 Å². The molecule has 0 amide bonds. The number of para-hydroxylation sites is 1. The number of ether oxygens (including phenoxy) is 3. The molecule has 0 aliphatic carbocycles. The van der Waals surface area contributed by atoms with Crippen LogP contribution in [0.4, 0.5) is 0 Å². The van der Waals surface area contributed by atoms with Crippen LogP contribution in [0.3, 0.4) is 0 Å². The first kappa shape index (κ1) is 19.0. The Bertz CT molecular complexity index is 880. The van der Waals surface area contributed by atoms with Gasteiger partial charge in [0.05, 0.1) is 7.11 Å². The Morgan fingerprint density at radius 3 is 1.96 bits per heavy atom. The van der Waals surface area contributed by atoms with Gasteiger partial charge in [-0.05, 0) is 37.6 Å². The first-order chi connectivity index (χ1) is 12.3. The summed E-state index contributed by atoms with van der Waals surface area (Å²) in [5.41, 5.74) is 1.93. The van der Waals surface area contributed by atoms with Crippen LogP contribution in [-0.4, -0.2) is 19.0 Å². The van der Waals surface area contributed by atoms with Gasteiger partial charge in [-0.2, -0.15) is 0 Å². The second kappa shape index (κ2) is 8.16. The van der Waals surface area contributed by atoms with E-state index in [1.807, 2.05) is 6.07 Å². The predicted molar refractivity (Wildman–Crippen MR) is 99.3 cm³/mol. The Morgan fingerprint density at radius 2 is 1.38 bits per heavy atom. The molecule has 5 nitrogen and oxygen atoms in total. The molecule has 0 radical (unpaired) electrons. The number of carbonyl (C=O) groups excluding carboxylic acids is 2. The molecule has 0 fully saturated rings. The fourth-order valence-electron chi connectivity index (χ4n) is 2.09. The molecule has 0 aliphatic heterocycles. The summed E-state index contributed by atoms with van der Waals surface area (Å²) < 4.78 is 16.0. The van der Waals surface area contributed by atoms with Crippen LogP contribution in [0.2, 0.25) is 0 Å². The number of benzene rings is 2. The van der Waals surface area contributed by atoms with Gasteiger partial charge < -0.3 is 14.2 Å². The molecule has 0 saturated carbocycles. The van der Waals surface area contributed by atoms with Crippen molar-refractivity contribution >= 4 is 11.9 Å². The number of hydrogen-bond acceptors (Lipinski definition) is 5. The minimum atomic E-state index is -0.553. The fraction of sp³-hybridized carbons (Fsp3) is 0.143. The van der Waals surface area contributed by atoms with Crippen LogP contribution in [0.5, 0.6) is 17.2 Å². The molecule has 5 heteroatoms. The number of methoxy groups -OCH3 is 1. The largest absolute Gasteiger partial charge is 0.493 e. The lowest BCUT2D eigenvalue weighted by molar-refractivity contribution is -0.130. The van der Waals surface area contributed by atoms with Gasteiger partial charge in [0.25, 0.3) is 0 Å². The van der Waals surface area contributed by atoms with Gasteiger partial charge in [0.2, 0.25) is 0 Å². The van der Waals surface area contributed by atoms with E-state index in [0.717, 1.165) is 0 Å².